The largest absolute Gasteiger partial charge is 0.481 e. The molecule has 0 bridgehead atoms. The van der Waals surface area contributed by atoms with Gasteiger partial charge in [0.15, 0.2) is 5.92 Å². The lowest BCUT2D eigenvalue weighted by Crippen LogP contribution is -2.23. The summed E-state index contributed by atoms with van der Waals surface area (Å²) in [6, 6.07) is 0. The van der Waals surface area contributed by atoms with Gasteiger partial charge in [-0.15, -0.1) is 0 Å². The van der Waals surface area contributed by atoms with E-state index in [0.29, 0.717) is 6.42 Å². The van der Waals surface area contributed by atoms with E-state index >= 15 is 0 Å². The molecule has 0 aromatic carbocycles. The van der Waals surface area contributed by atoms with E-state index in [9.17, 15) is 9.59 Å². The van der Waals surface area contributed by atoms with Crippen LogP contribution in [0.15, 0.2) is 12.2 Å². The highest BCUT2D eigenvalue weighted by atomic mass is 16.4. The zero-order valence-electron chi connectivity index (χ0n) is 13.2. The molecule has 0 atom stereocenters. The molecule has 0 spiro atoms. The summed E-state index contributed by atoms with van der Waals surface area (Å²) in [6.07, 6.45) is 15.8. The molecule has 0 unspecified atom stereocenters. The third kappa shape index (κ3) is 12.2. The smallest absolute Gasteiger partial charge is 0.317 e. The zero-order chi connectivity index (χ0) is 15.9. The summed E-state index contributed by atoms with van der Waals surface area (Å²) in [5.74, 6) is -3.70. The maximum Gasteiger partial charge on any atom is 0.317 e. The maximum absolute atomic E-state index is 10.7. The van der Waals surface area contributed by atoms with Crippen LogP contribution in [0.2, 0.25) is 0 Å². The number of aliphatic carboxylic acids is 2. The summed E-state index contributed by atoms with van der Waals surface area (Å²) in [5, 5.41) is 17.5. The number of hydrogen-bond acceptors (Lipinski definition) is 2. The number of carbonyl (C=O) groups is 2. The van der Waals surface area contributed by atoms with E-state index in [0.717, 1.165) is 25.7 Å². The maximum atomic E-state index is 10.7. The summed E-state index contributed by atoms with van der Waals surface area (Å²) in [7, 11) is 0. The lowest BCUT2D eigenvalue weighted by Gasteiger charge is -2.06. The van der Waals surface area contributed by atoms with Crippen molar-refractivity contribution in [1.29, 1.82) is 0 Å². The van der Waals surface area contributed by atoms with Crippen LogP contribution in [0.1, 0.15) is 77.6 Å². The van der Waals surface area contributed by atoms with Crippen molar-refractivity contribution in [1.82, 2.24) is 0 Å². The molecule has 4 heteroatoms. The van der Waals surface area contributed by atoms with E-state index in [-0.39, 0.29) is 6.42 Å². The minimum atomic E-state index is -1.24. The van der Waals surface area contributed by atoms with E-state index in [1.807, 2.05) is 0 Å². The molecular formula is C17H30O4. The molecule has 122 valence electrons. The zero-order valence-corrected chi connectivity index (χ0v) is 13.2. The van der Waals surface area contributed by atoms with Crippen molar-refractivity contribution in [3.05, 3.63) is 12.2 Å². The fourth-order valence-corrected chi connectivity index (χ4v) is 2.24. The van der Waals surface area contributed by atoms with Gasteiger partial charge in [-0.3, -0.25) is 9.59 Å². The quantitative estimate of drug-likeness (QED) is 0.278. The molecule has 0 heterocycles. The fraction of sp³-hybridized carbons (Fsp3) is 0.765. The van der Waals surface area contributed by atoms with Crippen LogP contribution in [0.3, 0.4) is 0 Å². The first-order valence-electron chi connectivity index (χ1n) is 8.20. The fourth-order valence-electron chi connectivity index (χ4n) is 2.24. The van der Waals surface area contributed by atoms with Crippen LogP contribution in [-0.2, 0) is 9.59 Å². The molecule has 0 radical (unpaired) electrons. The van der Waals surface area contributed by atoms with Gasteiger partial charge in [0, 0.05) is 0 Å². The second-order valence-corrected chi connectivity index (χ2v) is 5.54. The van der Waals surface area contributed by atoms with Gasteiger partial charge in [0.1, 0.15) is 0 Å². The lowest BCUT2D eigenvalue weighted by atomic mass is 10.0. The molecule has 0 aliphatic carbocycles. The van der Waals surface area contributed by atoms with Crippen LogP contribution >= 0.6 is 0 Å². The molecule has 0 aliphatic rings. The van der Waals surface area contributed by atoms with E-state index in [4.69, 9.17) is 10.2 Å². The van der Waals surface area contributed by atoms with Gasteiger partial charge in [0.25, 0.3) is 0 Å². The van der Waals surface area contributed by atoms with E-state index in [1.165, 1.54) is 32.1 Å². The van der Waals surface area contributed by atoms with E-state index in [1.54, 1.807) is 0 Å². The normalized spacial score (nSPS) is 11.3. The SMILES string of the molecule is CCCCCC/C=C/CCCCCCC(C(=O)O)C(=O)O. The van der Waals surface area contributed by atoms with Gasteiger partial charge in [-0.05, 0) is 32.1 Å². The average molecular weight is 298 g/mol. The van der Waals surface area contributed by atoms with Crippen LogP contribution in [0.4, 0.5) is 0 Å². The predicted octanol–water partition coefficient (Wildman–Crippen LogP) is 4.64. The van der Waals surface area contributed by atoms with Crippen molar-refractivity contribution in [2.24, 2.45) is 5.92 Å². The molecule has 0 fully saturated rings. The Balaban J connectivity index is 3.41. The Labute approximate surface area is 128 Å². The van der Waals surface area contributed by atoms with Crippen LogP contribution in [0.25, 0.3) is 0 Å². The highest BCUT2D eigenvalue weighted by Gasteiger charge is 2.24. The highest BCUT2D eigenvalue weighted by Crippen LogP contribution is 2.13. The van der Waals surface area contributed by atoms with Crippen LogP contribution < -0.4 is 0 Å². The summed E-state index contributed by atoms with van der Waals surface area (Å²) in [5.41, 5.74) is 0. The Morgan fingerprint density at radius 2 is 1.29 bits per heavy atom. The van der Waals surface area contributed by atoms with Crippen molar-refractivity contribution in [3.63, 3.8) is 0 Å². The van der Waals surface area contributed by atoms with Gasteiger partial charge in [-0.25, -0.2) is 0 Å². The molecule has 4 nitrogen and oxygen atoms in total. The van der Waals surface area contributed by atoms with Gasteiger partial charge in [0.05, 0.1) is 0 Å². The first-order chi connectivity index (χ1) is 10.1. The highest BCUT2D eigenvalue weighted by molar-refractivity contribution is 5.92. The molecule has 0 amide bonds. The molecule has 0 aromatic heterocycles. The second-order valence-electron chi connectivity index (χ2n) is 5.54. The van der Waals surface area contributed by atoms with Gasteiger partial charge in [0.2, 0.25) is 0 Å². The van der Waals surface area contributed by atoms with Crippen LogP contribution in [-0.4, -0.2) is 22.2 Å². The van der Waals surface area contributed by atoms with Crippen molar-refractivity contribution >= 4 is 11.9 Å². The molecule has 0 saturated carbocycles. The number of carboxylic acid groups (broad SMARTS) is 2. The minimum Gasteiger partial charge on any atom is -0.481 e. The summed E-state index contributed by atoms with van der Waals surface area (Å²) in [4.78, 5) is 21.4. The van der Waals surface area contributed by atoms with Crippen molar-refractivity contribution in [2.45, 2.75) is 77.6 Å². The first-order valence-corrected chi connectivity index (χ1v) is 8.20. The van der Waals surface area contributed by atoms with E-state index in [2.05, 4.69) is 19.1 Å². The molecule has 0 saturated heterocycles. The van der Waals surface area contributed by atoms with Crippen molar-refractivity contribution in [2.75, 3.05) is 0 Å². The summed E-state index contributed by atoms with van der Waals surface area (Å²) >= 11 is 0. The standard InChI is InChI=1S/C17H30O4/c1-2-3-4-5-6-7-8-9-10-11-12-13-14-15(16(18)19)17(20)21/h7-8,15H,2-6,9-14H2,1H3,(H,18,19)(H,20,21)/b8-7+. The molecule has 0 rings (SSSR count). The topological polar surface area (TPSA) is 74.6 Å². The lowest BCUT2D eigenvalue weighted by molar-refractivity contribution is -0.154. The average Bonchev–Trinajstić information content (AvgIpc) is 2.43. The van der Waals surface area contributed by atoms with Crippen LogP contribution in [0.5, 0.6) is 0 Å². The Morgan fingerprint density at radius 3 is 1.76 bits per heavy atom. The van der Waals surface area contributed by atoms with Gasteiger partial charge < -0.3 is 10.2 Å². The second kappa shape index (κ2) is 13.7. The van der Waals surface area contributed by atoms with Crippen LogP contribution in [0, 0.1) is 5.92 Å². The van der Waals surface area contributed by atoms with E-state index < -0.39 is 17.9 Å². The third-order valence-corrected chi connectivity index (χ3v) is 3.60. The number of allylic oxidation sites excluding steroid dienone is 2. The predicted molar refractivity (Wildman–Crippen MR) is 84.4 cm³/mol. The first kappa shape index (κ1) is 19.7. The van der Waals surface area contributed by atoms with Crippen molar-refractivity contribution < 1.29 is 19.8 Å². The Bertz CT molecular complexity index is 296. The van der Waals surface area contributed by atoms with Gasteiger partial charge in [-0.2, -0.15) is 0 Å². The minimum absolute atomic E-state index is 0.234. The third-order valence-electron chi connectivity index (χ3n) is 3.60. The van der Waals surface area contributed by atoms with Gasteiger partial charge >= 0.3 is 11.9 Å². The number of unbranched alkanes of at least 4 members (excludes halogenated alkanes) is 8. The molecule has 0 aromatic rings. The molecule has 0 aliphatic heterocycles. The Morgan fingerprint density at radius 1 is 0.810 bits per heavy atom. The summed E-state index contributed by atoms with van der Waals surface area (Å²) < 4.78 is 0. The van der Waals surface area contributed by atoms with Crippen molar-refractivity contribution in [3.8, 4) is 0 Å². The number of rotatable bonds is 14. The number of carboxylic acids is 2. The molecule has 2 N–H and O–H groups in total. The molecule has 21 heavy (non-hydrogen) atoms. The Kier molecular flexibility index (Phi) is 12.8. The monoisotopic (exact) mass is 298 g/mol. The number of hydrogen-bond donors (Lipinski definition) is 2. The van der Waals surface area contributed by atoms with Gasteiger partial charge in [-0.1, -0.05) is 57.6 Å². The molecular weight excluding hydrogens is 268 g/mol. The summed E-state index contributed by atoms with van der Waals surface area (Å²) in [6.45, 7) is 2.21. The Hall–Kier alpha value is -1.32.